The molecule has 0 fully saturated rings. The van der Waals surface area contributed by atoms with Crippen molar-refractivity contribution in [2.24, 2.45) is 27.2 Å². The molecule has 2 aromatic rings. The van der Waals surface area contributed by atoms with Crippen molar-refractivity contribution in [2.75, 3.05) is 0 Å². The molecule has 6 N–H and O–H groups in total. The highest BCUT2D eigenvalue weighted by Gasteiger charge is 2.10. The topological polar surface area (TPSA) is 129 Å². The molecule has 0 atom stereocenters. The van der Waals surface area contributed by atoms with Crippen molar-refractivity contribution in [1.29, 1.82) is 0 Å². The Morgan fingerprint density at radius 3 is 2.25 bits per heavy atom. The van der Waals surface area contributed by atoms with Crippen LogP contribution in [0.5, 0.6) is 0 Å². The largest absolute Gasteiger partial charge is 0.370 e. The van der Waals surface area contributed by atoms with Gasteiger partial charge in [-0.25, -0.2) is 4.99 Å². The third-order valence-corrected chi connectivity index (χ3v) is 2.68. The maximum absolute atomic E-state index is 5.57. The smallest absolute Gasteiger partial charge is 0.223 e. The zero-order valence-corrected chi connectivity index (χ0v) is 11.3. The SMILES string of the molecule is Cc1noc(C)c1-c1ccc(N=C(N)N=C(N)N)cc1. The van der Waals surface area contributed by atoms with Crippen LogP contribution in [0.25, 0.3) is 11.1 Å². The van der Waals surface area contributed by atoms with Crippen LogP contribution in [-0.4, -0.2) is 17.1 Å². The lowest BCUT2D eigenvalue weighted by Crippen LogP contribution is -2.26. The van der Waals surface area contributed by atoms with E-state index in [0.717, 1.165) is 22.6 Å². The molecule has 0 bridgehead atoms. The highest BCUT2D eigenvalue weighted by atomic mass is 16.5. The summed E-state index contributed by atoms with van der Waals surface area (Å²) in [4.78, 5) is 7.72. The van der Waals surface area contributed by atoms with Crippen LogP contribution >= 0.6 is 0 Å². The number of aromatic nitrogens is 1. The Hall–Kier alpha value is -2.83. The van der Waals surface area contributed by atoms with E-state index in [1.165, 1.54) is 0 Å². The molecule has 1 heterocycles. The minimum atomic E-state index is -0.126. The Balaban J connectivity index is 2.30. The summed E-state index contributed by atoms with van der Waals surface area (Å²) in [6.07, 6.45) is 0. The number of aliphatic imine (C=N–C) groups is 2. The van der Waals surface area contributed by atoms with Gasteiger partial charge in [-0.15, -0.1) is 0 Å². The van der Waals surface area contributed by atoms with Gasteiger partial charge in [0.2, 0.25) is 5.96 Å². The predicted molar refractivity (Wildman–Crippen MR) is 78.5 cm³/mol. The average Bonchev–Trinajstić information content (AvgIpc) is 2.69. The van der Waals surface area contributed by atoms with E-state index in [1.54, 1.807) is 0 Å². The first-order valence-electron chi connectivity index (χ1n) is 5.94. The predicted octanol–water partition coefficient (Wildman–Crippen LogP) is 1.18. The van der Waals surface area contributed by atoms with Crippen molar-refractivity contribution in [3.63, 3.8) is 0 Å². The van der Waals surface area contributed by atoms with Gasteiger partial charge in [0.15, 0.2) is 5.96 Å². The van der Waals surface area contributed by atoms with E-state index in [0.29, 0.717) is 5.69 Å². The molecule has 1 aromatic carbocycles. The first kappa shape index (κ1) is 13.6. The summed E-state index contributed by atoms with van der Waals surface area (Å²) in [5.41, 5.74) is 19.5. The molecule has 0 aliphatic rings. The molecule has 1 aromatic heterocycles. The van der Waals surface area contributed by atoms with Gasteiger partial charge in [-0.3, -0.25) is 0 Å². The molecule has 2 rings (SSSR count). The summed E-state index contributed by atoms with van der Waals surface area (Å²) in [5, 5.41) is 3.93. The molecule has 0 aliphatic heterocycles. The summed E-state index contributed by atoms with van der Waals surface area (Å²) in [7, 11) is 0. The maximum Gasteiger partial charge on any atom is 0.223 e. The van der Waals surface area contributed by atoms with Gasteiger partial charge in [0.05, 0.1) is 11.4 Å². The van der Waals surface area contributed by atoms with Crippen molar-refractivity contribution in [1.82, 2.24) is 5.16 Å². The Kier molecular flexibility index (Phi) is 3.69. The van der Waals surface area contributed by atoms with E-state index < -0.39 is 0 Å². The molecule has 0 saturated heterocycles. The number of hydrogen-bond acceptors (Lipinski definition) is 3. The van der Waals surface area contributed by atoms with E-state index in [2.05, 4.69) is 15.1 Å². The molecular weight excluding hydrogens is 256 g/mol. The standard InChI is InChI=1S/C13H16N6O/c1-7-11(8(2)20-19-7)9-3-5-10(6-4-9)17-13(16)18-12(14)15/h3-6H,1-2H3,(H6,14,15,16,17,18). The first-order valence-corrected chi connectivity index (χ1v) is 5.94. The van der Waals surface area contributed by atoms with Gasteiger partial charge in [0.1, 0.15) is 5.76 Å². The Morgan fingerprint density at radius 2 is 1.75 bits per heavy atom. The van der Waals surface area contributed by atoms with E-state index in [4.69, 9.17) is 21.7 Å². The van der Waals surface area contributed by atoms with Gasteiger partial charge in [0, 0.05) is 5.56 Å². The van der Waals surface area contributed by atoms with Crippen LogP contribution in [0.4, 0.5) is 5.69 Å². The van der Waals surface area contributed by atoms with E-state index in [-0.39, 0.29) is 11.9 Å². The molecule has 20 heavy (non-hydrogen) atoms. The van der Waals surface area contributed by atoms with Crippen LogP contribution in [0.2, 0.25) is 0 Å². The van der Waals surface area contributed by atoms with Crippen LogP contribution in [0.15, 0.2) is 38.8 Å². The fraction of sp³-hybridized carbons (Fsp3) is 0.154. The number of hydrogen-bond donors (Lipinski definition) is 3. The Labute approximate surface area is 116 Å². The quantitative estimate of drug-likeness (QED) is 0.558. The summed E-state index contributed by atoms with van der Waals surface area (Å²) < 4.78 is 5.15. The van der Waals surface area contributed by atoms with E-state index in [9.17, 15) is 0 Å². The first-order chi connectivity index (χ1) is 9.47. The van der Waals surface area contributed by atoms with Crippen molar-refractivity contribution < 1.29 is 4.52 Å². The third-order valence-electron chi connectivity index (χ3n) is 2.68. The van der Waals surface area contributed by atoms with Crippen molar-refractivity contribution in [2.45, 2.75) is 13.8 Å². The highest BCUT2D eigenvalue weighted by Crippen LogP contribution is 2.28. The van der Waals surface area contributed by atoms with Crippen molar-refractivity contribution in [3.8, 4) is 11.1 Å². The molecule has 0 aliphatic carbocycles. The summed E-state index contributed by atoms with van der Waals surface area (Å²) >= 11 is 0. The van der Waals surface area contributed by atoms with Gasteiger partial charge < -0.3 is 21.7 Å². The van der Waals surface area contributed by atoms with Gasteiger partial charge in [0.25, 0.3) is 0 Å². The van der Waals surface area contributed by atoms with Crippen LogP contribution < -0.4 is 17.2 Å². The third kappa shape index (κ3) is 2.94. The van der Waals surface area contributed by atoms with Crippen LogP contribution in [-0.2, 0) is 0 Å². The lowest BCUT2D eigenvalue weighted by atomic mass is 10.0. The number of nitrogens with two attached hydrogens (primary N) is 3. The second-order valence-corrected chi connectivity index (χ2v) is 4.25. The monoisotopic (exact) mass is 272 g/mol. The fourth-order valence-electron chi connectivity index (χ4n) is 1.89. The molecular formula is C13H16N6O. The lowest BCUT2D eigenvalue weighted by Gasteiger charge is -2.01. The average molecular weight is 272 g/mol. The number of guanidine groups is 2. The van der Waals surface area contributed by atoms with Gasteiger partial charge in [-0.1, -0.05) is 17.3 Å². The number of aryl methyl sites for hydroxylation is 2. The normalized spacial score (nSPS) is 11.4. The summed E-state index contributed by atoms with van der Waals surface area (Å²) in [5.74, 6) is 0.660. The number of benzene rings is 1. The van der Waals surface area contributed by atoms with E-state index >= 15 is 0 Å². The van der Waals surface area contributed by atoms with Crippen LogP contribution in [0.3, 0.4) is 0 Å². The molecule has 0 amide bonds. The lowest BCUT2D eigenvalue weighted by molar-refractivity contribution is 0.393. The molecule has 0 radical (unpaired) electrons. The number of rotatable bonds is 2. The number of nitrogens with zero attached hydrogens (tertiary/aromatic N) is 3. The molecule has 0 spiro atoms. The summed E-state index contributed by atoms with van der Waals surface area (Å²) in [6, 6.07) is 7.45. The van der Waals surface area contributed by atoms with Gasteiger partial charge in [-0.05, 0) is 31.5 Å². The molecule has 0 saturated carbocycles. The fourth-order valence-corrected chi connectivity index (χ4v) is 1.89. The zero-order valence-electron chi connectivity index (χ0n) is 11.3. The molecule has 0 unspecified atom stereocenters. The summed E-state index contributed by atoms with van der Waals surface area (Å²) in [6.45, 7) is 3.77. The second-order valence-electron chi connectivity index (χ2n) is 4.25. The minimum Gasteiger partial charge on any atom is -0.370 e. The van der Waals surface area contributed by atoms with Crippen LogP contribution in [0.1, 0.15) is 11.5 Å². The molecule has 7 nitrogen and oxygen atoms in total. The van der Waals surface area contributed by atoms with Crippen molar-refractivity contribution in [3.05, 3.63) is 35.7 Å². The second kappa shape index (κ2) is 5.43. The van der Waals surface area contributed by atoms with E-state index in [1.807, 2.05) is 38.1 Å². The maximum atomic E-state index is 5.57. The Morgan fingerprint density at radius 1 is 1.10 bits per heavy atom. The van der Waals surface area contributed by atoms with Gasteiger partial charge >= 0.3 is 0 Å². The zero-order chi connectivity index (χ0) is 14.7. The molecule has 7 heteroatoms. The van der Waals surface area contributed by atoms with Gasteiger partial charge in [-0.2, -0.15) is 4.99 Å². The Bertz CT molecular complexity index is 645. The van der Waals surface area contributed by atoms with Crippen LogP contribution in [0, 0.1) is 13.8 Å². The molecule has 104 valence electrons. The highest BCUT2D eigenvalue weighted by molar-refractivity contribution is 5.93. The van der Waals surface area contributed by atoms with Crippen molar-refractivity contribution >= 4 is 17.6 Å². The minimum absolute atomic E-state index is 0.00934.